The van der Waals surface area contributed by atoms with Gasteiger partial charge in [0, 0.05) is 5.56 Å². The number of carbonyl (C=O) groups excluding carboxylic acids is 1. The lowest BCUT2D eigenvalue weighted by atomic mass is 10.1. The summed E-state index contributed by atoms with van der Waals surface area (Å²) in [5.74, 6) is 0. The lowest BCUT2D eigenvalue weighted by Gasteiger charge is -2.20. The zero-order valence-electron chi connectivity index (χ0n) is 8.94. The molecular weight excluding hydrogens is 335 g/mol. The molecule has 1 unspecified atom stereocenters. The highest BCUT2D eigenvalue weighted by Crippen LogP contribution is 2.32. The summed E-state index contributed by atoms with van der Waals surface area (Å²) in [5, 5.41) is 0.509. The Kier molecular flexibility index (Phi) is 3.14. The average molecular weight is 344 g/mol. The Bertz CT molecular complexity index is 621. The first-order valence-corrected chi connectivity index (χ1v) is 5.91. The van der Waals surface area contributed by atoms with Crippen LogP contribution in [-0.2, 0) is 13.1 Å². The van der Waals surface area contributed by atoms with Crippen molar-refractivity contribution in [3.05, 3.63) is 40.4 Å². The Morgan fingerprint density at radius 3 is 3.00 bits per heavy atom. The number of halogens is 1. The molecule has 1 aromatic carbocycles. The Labute approximate surface area is 110 Å². The minimum Gasteiger partial charge on any atom is -0.446 e. The number of aromatic amines is 1. The van der Waals surface area contributed by atoms with Crippen LogP contribution in [0, 0.1) is 0 Å². The summed E-state index contributed by atoms with van der Waals surface area (Å²) in [6.45, 7) is 2.16. The van der Waals surface area contributed by atoms with Crippen LogP contribution >= 0.6 is 22.6 Å². The highest BCUT2D eigenvalue weighted by Gasteiger charge is 2.24. The van der Waals surface area contributed by atoms with Crippen LogP contribution in [0.2, 0.25) is 0 Å². The van der Waals surface area contributed by atoms with Gasteiger partial charge in [0.25, 0.3) is 12.0 Å². The van der Waals surface area contributed by atoms with Crippen molar-refractivity contribution in [2.45, 2.75) is 10.5 Å². The number of nitrogens with one attached hydrogen (secondary N) is 1. The molecule has 0 fully saturated rings. The van der Waals surface area contributed by atoms with Gasteiger partial charge in [-0.05, 0) is 41.6 Å². The van der Waals surface area contributed by atoms with Gasteiger partial charge in [-0.15, -0.1) is 0 Å². The maximum absolute atomic E-state index is 11.5. The number of H-pyrrole nitrogens is 1. The molecule has 0 bridgehead atoms. The minimum atomic E-state index is -0.766. The molecule has 0 aliphatic rings. The number of ether oxygens (including phenoxy) is 1. The molecular formula is C11H9IN2O3. The zero-order valence-corrected chi connectivity index (χ0v) is 11.1. The molecule has 0 aliphatic heterocycles. The molecule has 1 aromatic heterocycles. The van der Waals surface area contributed by atoms with E-state index in [4.69, 9.17) is 4.74 Å². The maximum atomic E-state index is 11.5. The number of benzene rings is 1. The fraction of sp³-hybridized carbons (Fsp3) is 0.182. The van der Waals surface area contributed by atoms with Gasteiger partial charge in [0.1, 0.15) is 0 Å². The molecule has 0 radical (unpaired) electrons. The standard InChI is InChI=1S/C11H9IN2O3/c1-11(12,17-6-15)7-2-3-8-9(4-7)13-5-14-10(8)16/h2-6H,1H3,(H,13,14,16). The monoisotopic (exact) mass is 344 g/mol. The van der Waals surface area contributed by atoms with E-state index in [1.54, 1.807) is 25.1 Å². The lowest BCUT2D eigenvalue weighted by Crippen LogP contribution is -2.17. The first kappa shape index (κ1) is 12.0. The predicted molar refractivity (Wildman–Crippen MR) is 70.9 cm³/mol. The Balaban J connectivity index is 2.59. The largest absolute Gasteiger partial charge is 0.446 e. The summed E-state index contributed by atoms with van der Waals surface area (Å²) in [4.78, 5) is 28.5. The second-order valence-corrected chi connectivity index (χ2v) is 5.65. The van der Waals surface area contributed by atoms with E-state index in [2.05, 4.69) is 9.97 Å². The number of nitrogens with zero attached hydrogens (tertiary/aromatic N) is 1. The van der Waals surface area contributed by atoms with Crippen LogP contribution < -0.4 is 5.56 Å². The number of carbonyl (C=O) groups is 1. The number of alkyl halides is 1. The van der Waals surface area contributed by atoms with Crippen LogP contribution in [0.5, 0.6) is 0 Å². The number of fused-ring (bicyclic) bond motifs is 1. The van der Waals surface area contributed by atoms with E-state index in [-0.39, 0.29) is 5.56 Å². The predicted octanol–water partition coefficient (Wildman–Crippen LogP) is 1.70. The molecule has 1 heterocycles. The van der Waals surface area contributed by atoms with Gasteiger partial charge < -0.3 is 9.72 Å². The van der Waals surface area contributed by atoms with Gasteiger partial charge in [-0.2, -0.15) is 0 Å². The number of hydrogen-bond donors (Lipinski definition) is 1. The van der Waals surface area contributed by atoms with Gasteiger partial charge in [-0.3, -0.25) is 9.59 Å². The third-order valence-corrected chi connectivity index (χ3v) is 3.30. The fourth-order valence-corrected chi connectivity index (χ4v) is 1.94. The second-order valence-electron chi connectivity index (χ2n) is 3.59. The molecule has 5 nitrogen and oxygen atoms in total. The Morgan fingerprint density at radius 2 is 2.29 bits per heavy atom. The van der Waals surface area contributed by atoms with Crippen molar-refractivity contribution in [2.75, 3.05) is 0 Å². The van der Waals surface area contributed by atoms with Crippen molar-refractivity contribution in [1.82, 2.24) is 9.97 Å². The van der Waals surface area contributed by atoms with E-state index in [0.717, 1.165) is 5.56 Å². The third-order valence-electron chi connectivity index (χ3n) is 2.43. The highest BCUT2D eigenvalue weighted by molar-refractivity contribution is 14.1. The van der Waals surface area contributed by atoms with Crippen molar-refractivity contribution in [3.63, 3.8) is 0 Å². The van der Waals surface area contributed by atoms with Crippen LogP contribution in [0.25, 0.3) is 10.9 Å². The minimum absolute atomic E-state index is 0.187. The van der Waals surface area contributed by atoms with Crippen LogP contribution in [-0.4, -0.2) is 16.4 Å². The highest BCUT2D eigenvalue weighted by atomic mass is 127. The topological polar surface area (TPSA) is 72.1 Å². The average Bonchev–Trinajstić information content (AvgIpc) is 2.29. The van der Waals surface area contributed by atoms with Gasteiger partial charge in [-0.1, -0.05) is 6.07 Å². The molecule has 2 aromatic rings. The van der Waals surface area contributed by atoms with Crippen molar-refractivity contribution < 1.29 is 9.53 Å². The Morgan fingerprint density at radius 1 is 1.53 bits per heavy atom. The van der Waals surface area contributed by atoms with Crippen LogP contribution in [0.3, 0.4) is 0 Å². The van der Waals surface area contributed by atoms with Crippen LogP contribution in [0.1, 0.15) is 12.5 Å². The van der Waals surface area contributed by atoms with Crippen molar-refractivity contribution in [3.8, 4) is 0 Å². The SMILES string of the molecule is CC(I)(OC=O)c1ccc2c(=O)[nH]cnc2c1. The maximum Gasteiger partial charge on any atom is 0.294 e. The first-order valence-electron chi connectivity index (χ1n) is 4.83. The van der Waals surface area contributed by atoms with E-state index in [9.17, 15) is 9.59 Å². The molecule has 0 saturated heterocycles. The van der Waals surface area contributed by atoms with E-state index in [1.165, 1.54) is 6.33 Å². The van der Waals surface area contributed by atoms with E-state index < -0.39 is 3.61 Å². The number of rotatable bonds is 3. The molecule has 6 heteroatoms. The molecule has 17 heavy (non-hydrogen) atoms. The third kappa shape index (κ3) is 2.31. The summed E-state index contributed by atoms with van der Waals surface area (Å²) in [6, 6.07) is 5.15. The number of aromatic nitrogens is 2. The normalized spacial score (nSPS) is 14.2. The fourth-order valence-electron chi connectivity index (χ4n) is 1.50. The second kappa shape index (κ2) is 4.44. The summed E-state index contributed by atoms with van der Waals surface area (Å²) >= 11 is 2.02. The lowest BCUT2D eigenvalue weighted by molar-refractivity contribution is -0.134. The molecule has 1 N–H and O–H groups in total. The van der Waals surface area contributed by atoms with Crippen LogP contribution in [0.15, 0.2) is 29.3 Å². The molecule has 0 amide bonds. The van der Waals surface area contributed by atoms with Gasteiger partial charge in [-0.25, -0.2) is 4.98 Å². The van der Waals surface area contributed by atoms with E-state index >= 15 is 0 Å². The molecule has 2 rings (SSSR count). The molecule has 0 spiro atoms. The quantitative estimate of drug-likeness (QED) is 0.523. The molecule has 0 aliphatic carbocycles. The molecule has 1 atom stereocenters. The van der Waals surface area contributed by atoms with E-state index in [0.29, 0.717) is 17.4 Å². The summed E-state index contributed by atoms with van der Waals surface area (Å²) in [6.07, 6.45) is 1.35. The summed E-state index contributed by atoms with van der Waals surface area (Å²) < 4.78 is 4.22. The molecule has 88 valence electrons. The first-order chi connectivity index (χ1) is 8.04. The van der Waals surface area contributed by atoms with E-state index in [1.807, 2.05) is 22.6 Å². The summed E-state index contributed by atoms with van der Waals surface area (Å²) in [5.41, 5.74) is 1.16. The smallest absolute Gasteiger partial charge is 0.294 e. The number of hydrogen-bond acceptors (Lipinski definition) is 4. The van der Waals surface area contributed by atoms with Crippen molar-refractivity contribution >= 4 is 40.0 Å². The van der Waals surface area contributed by atoms with Gasteiger partial charge in [0.15, 0.2) is 3.61 Å². The van der Waals surface area contributed by atoms with Crippen LogP contribution in [0.4, 0.5) is 0 Å². The van der Waals surface area contributed by atoms with Gasteiger partial charge >= 0.3 is 0 Å². The summed E-state index contributed by atoms with van der Waals surface area (Å²) in [7, 11) is 0. The molecule has 0 saturated carbocycles. The van der Waals surface area contributed by atoms with Gasteiger partial charge in [0.2, 0.25) is 0 Å². The Hall–Kier alpha value is -1.44. The van der Waals surface area contributed by atoms with Gasteiger partial charge in [0.05, 0.1) is 17.2 Å². The van der Waals surface area contributed by atoms with Crippen molar-refractivity contribution in [1.29, 1.82) is 0 Å². The zero-order chi connectivity index (χ0) is 12.5. The van der Waals surface area contributed by atoms with Crippen molar-refractivity contribution in [2.24, 2.45) is 0 Å².